The highest BCUT2D eigenvalue weighted by Gasteiger charge is 2.13. The number of thioether (sulfide) groups is 1. The van der Waals surface area contributed by atoms with Gasteiger partial charge in [-0.05, 0) is 29.8 Å². The zero-order valence-corrected chi connectivity index (χ0v) is 16.5. The van der Waals surface area contributed by atoms with E-state index in [1.807, 2.05) is 6.07 Å². The van der Waals surface area contributed by atoms with Crippen LogP contribution in [0.3, 0.4) is 0 Å². The molecule has 27 heavy (non-hydrogen) atoms. The number of hydrogen-bond acceptors (Lipinski definition) is 7. The Labute approximate surface area is 171 Å². The van der Waals surface area contributed by atoms with E-state index in [2.05, 4.69) is 15.5 Å². The van der Waals surface area contributed by atoms with Crippen LogP contribution in [0.15, 0.2) is 46.8 Å². The molecule has 0 fully saturated rings. The number of rotatable bonds is 6. The Morgan fingerprint density at radius 2 is 1.89 bits per heavy atom. The summed E-state index contributed by atoms with van der Waals surface area (Å²) in [4.78, 5) is 22.3. The van der Waals surface area contributed by atoms with Crippen LogP contribution in [0.4, 0.5) is 10.8 Å². The van der Waals surface area contributed by atoms with Gasteiger partial charge in [-0.1, -0.05) is 52.4 Å². The lowest BCUT2D eigenvalue weighted by Crippen LogP contribution is -2.11. The monoisotopic (exact) mass is 440 g/mol. The lowest BCUT2D eigenvalue weighted by atomic mass is 10.2. The maximum absolute atomic E-state index is 12.2. The second-order valence-corrected chi connectivity index (χ2v) is 8.18. The summed E-state index contributed by atoms with van der Waals surface area (Å²) in [6.07, 6.45) is 0. The third-order valence-electron chi connectivity index (χ3n) is 3.31. The van der Waals surface area contributed by atoms with E-state index >= 15 is 0 Å². The fourth-order valence-electron chi connectivity index (χ4n) is 2.00. The molecule has 2 aromatic carbocycles. The Bertz CT molecular complexity index is 996. The highest BCUT2D eigenvalue weighted by molar-refractivity contribution is 8.00. The minimum atomic E-state index is -0.524. The Morgan fingerprint density at radius 3 is 2.56 bits per heavy atom. The minimum Gasteiger partial charge on any atom is -0.296 e. The molecule has 0 bridgehead atoms. The maximum atomic E-state index is 12.2. The molecule has 0 saturated heterocycles. The smallest absolute Gasteiger partial charge is 0.269 e. The van der Waals surface area contributed by atoms with Crippen LogP contribution in [0, 0.1) is 10.1 Å². The van der Waals surface area contributed by atoms with Gasteiger partial charge in [-0.2, -0.15) is 0 Å². The molecule has 0 saturated carbocycles. The summed E-state index contributed by atoms with van der Waals surface area (Å²) in [5, 5.41) is 22.6. The van der Waals surface area contributed by atoms with Gasteiger partial charge >= 0.3 is 0 Å². The molecule has 11 heteroatoms. The van der Waals surface area contributed by atoms with Gasteiger partial charge in [-0.3, -0.25) is 20.2 Å². The highest BCUT2D eigenvalue weighted by atomic mass is 35.5. The van der Waals surface area contributed by atoms with E-state index in [-0.39, 0.29) is 5.69 Å². The van der Waals surface area contributed by atoms with Crippen molar-refractivity contribution in [3.63, 3.8) is 0 Å². The van der Waals surface area contributed by atoms with Crippen molar-refractivity contribution < 1.29 is 9.72 Å². The molecule has 0 aliphatic heterocycles. The number of nitro benzene ring substituents is 1. The van der Waals surface area contributed by atoms with Crippen molar-refractivity contribution in [3.8, 4) is 0 Å². The zero-order valence-electron chi connectivity index (χ0n) is 13.4. The number of nitrogens with one attached hydrogen (secondary N) is 1. The first kappa shape index (κ1) is 19.6. The summed E-state index contributed by atoms with van der Waals surface area (Å²) >= 11 is 14.6. The molecule has 1 N–H and O–H groups in total. The van der Waals surface area contributed by atoms with Crippen molar-refractivity contribution in [3.05, 3.63) is 73.8 Å². The number of benzene rings is 2. The predicted octanol–water partition coefficient (Wildman–Crippen LogP) is 5.30. The van der Waals surface area contributed by atoms with E-state index in [0.29, 0.717) is 30.8 Å². The van der Waals surface area contributed by atoms with Crippen LogP contribution >= 0.6 is 46.3 Å². The SMILES string of the molecule is O=C(Nc1nnc(SCc2ccc(Cl)c(Cl)c2)s1)c1ccc([N+](=O)[O-])cc1. The van der Waals surface area contributed by atoms with Crippen LogP contribution in [-0.2, 0) is 5.75 Å². The van der Waals surface area contributed by atoms with Crippen molar-refractivity contribution in [2.45, 2.75) is 10.1 Å². The van der Waals surface area contributed by atoms with Gasteiger partial charge in [-0.25, -0.2) is 0 Å². The normalized spacial score (nSPS) is 10.6. The molecule has 0 aliphatic carbocycles. The van der Waals surface area contributed by atoms with Crippen LogP contribution in [0.5, 0.6) is 0 Å². The molecule has 1 amide bonds. The van der Waals surface area contributed by atoms with Crippen LogP contribution in [0.2, 0.25) is 10.0 Å². The molecule has 7 nitrogen and oxygen atoms in total. The molecule has 0 unspecified atom stereocenters. The molecule has 0 radical (unpaired) electrons. The first-order chi connectivity index (χ1) is 12.9. The quantitative estimate of drug-likeness (QED) is 0.241. The molecule has 0 spiro atoms. The number of aromatic nitrogens is 2. The van der Waals surface area contributed by atoms with Gasteiger partial charge in [0.25, 0.3) is 11.6 Å². The number of amides is 1. The Balaban J connectivity index is 1.59. The Hall–Kier alpha value is -2.20. The largest absolute Gasteiger partial charge is 0.296 e. The van der Waals surface area contributed by atoms with Gasteiger partial charge in [0.15, 0.2) is 4.34 Å². The molecule has 0 aliphatic rings. The van der Waals surface area contributed by atoms with Crippen molar-refractivity contribution in [1.29, 1.82) is 0 Å². The topological polar surface area (TPSA) is 98.0 Å². The molecular weight excluding hydrogens is 431 g/mol. The van der Waals surface area contributed by atoms with Crippen LogP contribution in [-0.4, -0.2) is 21.0 Å². The van der Waals surface area contributed by atoms with Crippen molar-refractivity contribution in [2.24, 2.45) is 0 Å². The first-order valence-electron chi connectivity index (χ1n) is 7.38. The third-order valence-corrected chi connectivity index (χ3v) is 6.10. The molecule has 3 aromatic rings. The number of anilines is 1. The van der Waals surface area contributed by atoms with Crippen LogP contribution in [0.25, 0.3) is 0 Å². The van der Waals surface area contributed by atoms with E-state index in [9.17, 15) is 14.9 Å². The molecule has 0 atom stereocenters. The lowest BCUT2D eigenvalue weighted by molar-refractivity contribution is -0.384. The number of halogens is 2. The van der Waals surface area contributed by atoms with Gasteiger partial charge in [0, 0.05) is 23.4 Å². The fourth-order valence-corrected chi connectivity index (χ4v) is 4.01. The summed E-state index contributed by atoms with van der Waals surface area (Å²) in [6, 6.07) is 10.7. The van der Waals surface area contributed by atoms with E-state index in [4.69, 9.17) is 23.2 Å². The second-order valence-electron chi connectivity index (χ2n) is 5.17. The first-order valence-corrected chi connectivity index (χ1v) is 9.94. The number of carbonyl (C=O) groups is 1. The number of non-ortho nitro benzene ring substituents is 1. The summed E-state index contributed by atoms with van der Waals surface area (Å²) in [6.45, 7) is 0. The summed E-state index contributed by atoms with van der Waals surface area (Å²) in [7, 11) is 0. The molecule has 138 valence electrons. The van der Waals surface area contributed by atoms with Gasteiger partial charge in [0.2, 0.25) is 5.13 Å². The molecule has 1 heterocycles. The number of nitrogens with zero attached hydrogens (tertiary/aromatic N) is 3. The number of hydrogen-bond donors (Lipinski definition) is 1. The lowest BCUT2D eigenvalue weighted by Gasteiger charge is -2.01. The second kappa shape index (κ2) is 8.66. The molecule has 1 aromatic heterocycles. The van der Waals surface area contributed by atoms with Gasteiger partial charge in [-0.15, -0.1) is 10.2 Å². The average molecular weight is 441 g/mol. The van der Waals surface area contributed by atoms with Crippen molar-refractivity contribution >= 4 is 63.0 Å². The Kier molecular flexibility index (Phi) is 6.27. The van der Waals surface area contributed by atoms with Gasteiger partial charge in [0.1, 0.15) is 0 Å². The van der Waals surface area contributed by atoms with Gasteiger partial charge in [0.05, 0.1) is 15.0 Å². The Morgan fingerprint density at radius 1 is 1.15 bits per heavy atom. The molecular formula is C16H10Cl2N4O3S2. The van der Waals surface area contributed by atoms with E-state index in [0.717, 1.165) is 5.56 Å². The fraction of sp³-hybridized carbons (Fsp3) is 0.0625. The average Bonchev–Trinajstić information content (AvgIpc) is 3.10. The standard InChI is InChI=1S/C16H10Cl2N4O3S2/c17-12-6-1-9(7-13(12)18)8-26-16-21-20-15(27-16)19-14(23)10-2-4-11(5-3-10)22(24)25/h1-7H,8H2,(H,19,20,23). The van der Waals surface area contributed by atoms with Crippen LogP contribution in [0.1, 0.15) is 15.9 Å². The third kappa shape index (κ3) is 5.16. The van der Waals surface area contributed by atoms with Crippen molar-refractivity contribution in [1.82, 2.24) is 10.2 Å². The molecule has 3 rings (SSSR count). The summed E-state index contributed by atoms with van der Waals surface area (Å²) in [5.41, 5.74) is 1.20. The summed E-state index contributed by atoms with van der Waals surface area (Å²) in [5.74, 6) is 0.212. The van der Waals surface area contributed by atoms with Crippen LogP contribution < -0.4 is 5.32 Å². The van der Waals surface area contributed by atoms with E-state index in [1.54, 1.807) is 12.1 Å². The van der Waals surface area contributed by atoms with Gasteiger partial charge < -0.3 is 0 Å². The zero-order chi connectivity index (χ0) is 19.4. The number of carbonyl (C=O) groups excluding carboxylic acids is 1. The minimum absolute atomic E-state index is 0.0801. The van der Waals surface area contributed by atoms with E-state index in [1.165, 1.54) is 47.4 Å². The van der Waals surface area contributed by atoms with E-state index < -0.39 is 10.8 Å². The van der Waals surface area contributed by atoms with Crippen molar-refractivity contribution in [2.75, 3.05) is 5.32 Å². The maximum Gasteiger partial charge on any atom is 0.269 e. The number of nitro groups is 1. The summed E-state index contributed by atoms with van der Waals surface area (Å²) < 4.78 is 0.681. The predicted molar refractivity (Wildman–Crippen MR) is 107 cm³/mol. The highest BCUT2D eigenvalue weighted by Crippen LogP contribution is 2.30.